The van der Waals surface area contributed by atoms with Crippen LogP contribution in [0.2, 0.25) is 0 Å². The van der Waals surface area contributed by atoms with Gasteiger partial charge in [-0.1, -0.05) is 30.3 Å². The summed E-state index contributed by atoms with van der Waals surface area (Å²) in [7, 11) is 0. The van der Waals surface area contributed by atoms with Gasteiger partial charge < -0.3 is 5.11 Å². The maximum atomic E-state index is 11.4. The zero-order valence-corrected chi connectivity index (χ0v) is 17.1. The van der Waals surface area contributed by atoms with E-state index >= 15 is 0 Å². The number of aliphatic imine (C=N–C) groups is 1. The van der Waals surface area contributed by atoms with Gasteiger partial charge >= 0.3 is 5.97 Å². The third-order valence-electron chi connectivity index (χ3n) is 5.51. The molecule has 1 unspecified atom stereocenters. The standard InChI is InChI=1S/C24H29NO2/c1-7-23(25-8-2)22(20-11-9-10-15(3)16(20)4)14-19-12-13-21(24(26)27)18(6)17(19)5/h7-13,22H,14H2,1-6H3,(H,26,27)/b23-7-,25-8?. The Morgan fingerprint density at radius 3 is 2.33 bits per heavy atom. The minimum Gasteiger partial charge on any atom is -0.478 e. The van der Waals surface area contributed by atoms with Crippen molar-refractivity contribution in [2.24, 2.45) is 4.99 Å². The van der Waals surface area contributed by atoms with Gasteiger partial charge in [0.15, 0.2) is 0 Å². The molecule has 0 aliphatic carbocycles. The Balaban J connectivity index is 2.58. The van der Waals surface area contributed by atoms with Crippen LogP contribution in [0.15, 0.2) is 47.1 Å². The van der Waals surface area contributed by atoms with Gasteiger partial charge in [-0.25, -0.2) is 4.79 Å². The topological polar surface area (TPSA) is 49.7 Å². The first-order valence-electron chi connectivity index (χ1n) is 9.35. The molecule has 0 amide bonds. The predicted octanol–water partition coefficient (Wildman–Crippen LogP) is 5.94. The fourth-order valence-electron chi connectivity index (χ4n) is 3.59. The van der Waals surface area contributed by atoms with Crippen molar-refractivity contribution in [2.45, 2.75) is 53.9 Å². The molecule has 0 saturated heterocycles. The molecule has 3 nitrogen and oxygen atoms in total. The Morgan fingerprint density at radius 1 is 1.04 bits per heavy atom. The maximum Gasteiger partial charge on any atom is 0.335 e. The lowest BCUT2D eigenvalue weighted by molar-refractivity contribution is 0.0696. The fourth-order valence-corrected chi connectivity index (χ4v) is 3.59. The van der Waals surface area contributed by atoms with Gasteiger partial charge in [-0.3, -0.25) is 4.99 Å². The number of rotatable bonds is 6. The van der Waals surface area contributed by atoms with E-state index in [1.54, 1.807) is 6.07 Å². The van der Waals surface area contributed by atoms with E-state index < -0.39 is 5.97 Å². The molecular weight excluding hydrogens is 334 g/mol. The van der Waals surface area contributed by atoms with Crippen molar-refractivity contribution in [2.75, 3.05) is 0 Å². The largest absolute Gasteiger partial charge is 0.478 e. The van der Waals surface area contributed by atoms with Crippen molar-refractivity contribution < 1.29 is 9.90 Å². The average Bonchev–Trinajstić information content (AvgIpc) is 2.63. The summed E-state index contributed by atoms with van der Waals surface area (Å²) >= 11 is 0. The Kier molecular flexibility index (Phi) is 6.73. The summed E-state index contributed by atoms with van der Waals surface area (Å²) in [6.07, 6.45) is 4.69. The number of hydrogen-bond acceptors (Lipinski definition) is 2. The molecule has 1 atom stereocenters. The average molecular weight is 364 g/mol. The SMILES string of the molecule is CC=N/C(=C\C)C(Cc1ccc(C(=O)O)c(C)c1C)c1cccc(C)c1C. The number of carboxylic acids is 1. The van der Waals surface area contributed by atoms with Crippen LogP contribution in [0.1, 0.15) is 63.5 Å². The van der Waals surface area contributed by atoms with Gasteiger partial charge in [-0.2, -0.15) is 0 Å². The smallest absolute Gasteiger partial charge is 0.335 e. The van der Waals surface area contributed by atoms with E-state index in [1.807, 2.05) is 40.0 Å². The first-order valence-corrected chi connectivity index (χ1v) is 9.35. The third kappa shape index (κ3) is 4.36. The second-order valence-electron chi connectivity index (χ2n) is 6.97. The van der Waals surface area contributed by atoms with Crippen LogP contribution in [0.5, 0.6) is 0 Å². The number of nitrogens with zero attached hydrogens (tertiary/aromatic N) is 1. The van der Waals surface area contributed by atoms with Gasteiger partial charge in [0, 0.05) is 17.8 Å². The second-order valence-corrected chi connectivity index (χ2v) is 6.97. The number of carboxylic acid groups (broad SMARTS) is 1. The van der Waals surface area contributed by atoms with Crippen LogP contribution in [0.25, 0.3) is 0 Å². The van der Waals surface area contributed by atoms with Crippen LogP contribution in [0.4, 0.5) is 0 Å². The summed E-state index contributed by atoms with van der Waals surface area (Å²) in [5, 5.41) is 9.38. The lowest BCUT2D eigenvalue weighted by atomic mass is 9.83. The summed E-state index contributed by atoms with van der Waals surface area (Å²) in [5.41, 5.74) is 8.26. The zero-order chi connectivity index (χ0) is 20.1. The second kappa shape index (κ2) is 8.81. The summed E-state index contributed by atoms with van der Waals surface area (Å²) in [5.74, 6) is -0.752. The van der Waals surface area contributed by atoms with E-state index in [4.69, 9.17) is 0 Å². The summed E-state index contributed by atoms with van der Waals surface area (Å²) in [4.78, 5) is 16.0. The number of hydrogen-bond donors (Lipinski definition) is 1. The van der Waals surface area contributed by atoms with Crippen molar-refractivity contribution in [3.63, 3.8) is 0 Å². The molecule has 0 fully saturated rings. The van der Waals surface area contributed by atoms with Gasteiger partial charge in [0.1, 0.15) is 0 Å². The molecule has 0 saturated carbocycles. The number of carbonyl (C=O) groups is 1. The normalized spacial score (nSPS) is 13.2. The first-order chi connectivity index (χ1) is 12.8. The van der Waals surface area contributed by atoms with E-state index in [1.165, 1.54) is 16.7 Å². The summed E-state index contributed by atoms with van der Waals surface area (Å²) in [6, 6.07) is 10.1. The van der Waals surface area contributed by atoms with E-state index in [2.05, 4.69) is 43.1 Å². The van der Waals surface area contributed by atoms with Gasteiger partial charge in [-0.05, 0) is 87.4 Å². The number of aromatic carboxylic acids is 1. The lowest BCUT2D eigenvalue weighted by Gasteiger charge is -2.23. The Labute approximate surface area is 162 Å². The van der Waals surface area contributed by atoms with Gasteiger partial charge in [0.25, 0.3) is 0 Å². The summed E-state index contributed by atoms with van der Waals surface area (Å²) in [6.45, 7) is 12.1. The third-order valence-corrected chi connectivity index (χ3v) is 5.51. The van der Waals surface area contributed by atoms with E-state index in [0.717, 1.165) is 28.8 Å². The maximum absolute atomic E-state index is 11.4. The summed E-state index contributed by atoms with van der Waals surface area (Å²) < 4.78 is 0. The molecule has 0 bridgehead atoms. The highest BCUT2D eigenvalue weighted by Crippen LogP contribution is 2.34. The number of benzene rings is 2. The van der Waals surface area contributed by atoms with Gasteiger partial charge in [0.2, 0.25) is 0 Å². The Hall–Kier alpha value is -2.68. The Bertz CT molecular complexity index is 907. The molecule has 2 aromatic carbocycles. The van der Waals surface area contributed by atoms with Crippen LogP contribution >= 0.6 is 0 Å². The molecule has 2 rings (SSSR count). The highest BCUT2D eigenvalue weighted by molar-refractivity contribution is 5.89. The van der Waals surface area contributed by atoms with Crippen molar-refractivity contribution in [1.29, 1.82) is 0 Å². The molecule has 0 aromatic heterocycles. The van der Waals surface area contributed by atoms with Crippen molar-refractivity contribution >= 4 is 12.2 Å². The van der Waals surface area contributed by atoms with Gasteiger partial charge in [0.05, 0.1) is 5.56 Å². The molecule has 2 aromatic rings. The molecule has 0 spiro atoms. The monoisotopic (exact) mass is 363 g/mol. The van der Waals surface area contributed by atoms with E-state index in [0.29, 0.717) is 5.56 Å². The molecule has 0 aliphatic heterocycles. The van der Waals surface area contributed by atoms with Gasteiger partial charge in [-0.15, -0.1) is 0 Å². The van der Waals surface area contributed by atoms with E-state index in [-0.39, 0.29) is 5.92 Å². The quantitative estimate of drug-likeness (QED) is 0.646. The predicted molar refractivity (Wildman–Crippen MR) is 113 cm³/mol. The van der Waals surface area contributed by atoms with E-state index in [9.17, 15) is 9.90 Å². The van der Waals surface area contributed by atoms with Crippen LogP contribution in [-0.4, -0.2) is 17.3 Å². The van der Waals surface area contributed by atoms with Crippen LogP contribution in [-0.2, 0) is 6.42 Å². The Morgan fingerprint density at radius 2 is 1.74 bits per heavy atom. The van der Waals surface area contributed by atoms with Crippen LogP contribution < -0.4 is 0 Å². The highest BCUT2D eigenvalue weighted by Gasteiger charge is 2.21. The fraction of sp³-hybridized carbons (Fsp3) is 0.333. The molecule has 27 heavy (non-hydrogen) atoms. The first kappa shape index (κ1) is 20.6. The molecule has 1 N–H and O–H groups in total. The number of aryl methyl sites for hydroxylation is 1. The van der Waals surface area contributed by atoms with Crippen LogP contribution in [0, 0.1) is 27.7 Å². The molecule has 0 heterocycles. The lowest BCUT2D eigenvalue weighted by Crippen LogP contribution is -2.11. The van der Waals surface area contributed by atoms with Crippen molar-refractivity contribution in [3.8, 4) is 0 Å². The zero-order valence-electron chi connectivity index (χ0n) is 17.1. The minimum atomic E-state index is -0.877. The molecular formula is C24H29NO2. The van der Waals surface area contributed by atoms with Crippen LogP contribution in [0.3, 0.4) is 0 Å². The molecule has 3 heteroatoms. The van der Waals surface area contributed by atoms with Crippen molar-refractivity contribution in [1.82, 2.24) is 0 Å². The minimum absolute atomic E-state index is 0.125. The highest BCUT2D eigenvalue weighted by atomic mass is 16.4. The molecule has 0 aliphatic rings. The molecule has 142 valence electrons. The molecule has 0 radical (unpaired) electrons. The number of allylic oxidation sites excluding steroid dienone is 2. The van der Waals surface area contributed by atoms with Crippen molar-refractivity contribution in [3.05, 3.63) is 81.0 Å².